The number of aromatic nitrogens is 1. The van der Waals surface area contributed by atoms with E-state index in [-0.39, 0.29) is 17.6 Å². The lowest BCUT2D eigenvalue weighted by Crippen LogP contribution is -2.15. The molecule has 4 aromatic rings. The van der Waals surface area contributed by atoms with Crippen LogP contribution in [0.1, 0.15) is 35.8 Å². The molecule has 0 aliphatic rings. The van der Waals surface area contributed by atoms with Gasteiger partial charge in [0.25, 0.3) is 5.91 Å². The van der Waals surface area contributed by atoms with Crippen LogP contribution in [0.3, 0.4) is 0 Å². The molecule has 0 radical (unpaired) electrons. The molecule has 0 spiro atoms. The molecule has 3 nitrogen and oxygen atoms in total. The largest absolute Gasteiger partial charge is 0.357 e. The summed E-state index contributed by atoms with van der Waals surface area (Å²) in [6.45, 7) is 4.07. The Balaban J connectivity index is 1.90. The van der Waals surface area contributed by atoms with Gasteiger partial charge in [-0.2, -0.15) is 0 Å². The number of H-pyrrole nitrogens is 1. The number of hydrogen-bond donors (Lipinski definition) is 2. The van der Waals surface area contributed by atoms with Gasteiger partial charge >= 0.3 is 0 Å². The highest BCUT2D eigenvalue weighted by molar-refractivity contribution is 6.30. The molecule has 0 saturated heterocycles. The Morgan fingerprint density at radius 2 is 1.55 bits per heavy atom. The predicted molar refractivity (Wildman–Crippen MR) is 125 cm³/mol. The first-order valence-corrected chi connectivity index (χ1v) is 10.5. The number of nitrogens with one attached hydrogen (secondary N) is 2. The van der Waals surface area contributed by atoms with Crippen molar-refractivity contribution in [2.75, 3.05) is 5.32 Å². The van der Waals surface area contributed by atoms with Gasteiger partial charge in [0.2, 0.25) is 0 Å². The van der Waals surface area contributed by atoms with Gasteiger partial charge in [-0.25, -0.2) is 4.39 Å². The van der Waals surface area contributed by atoms with Gasteiger partial charge in [-0.05, 0) is 65.6 Å². The van der Waals surface area contributed by atoms with Crippen LogP contribution in [0.4, 0.5) is 10.1 Å². The zero-order chi connectivity index (χ0) is 22.0. The highest BCUT2D eigenvalue weighted by atomic mass is 35.5. The van der Waals surface area contributed by atoms with E-state index in [1.54, 1.807) is 36.4 Å². The number of rotatable bonds is 5. The highest BCUT2D eigenvalue weighted by Crippen LogP contribution is 2.39. The van der Waals surface area contributed by atoms with E-state index in [9.17, 15) is 9.18 Å². The smallest absolute Gasteiger partial charge is 0.258 e. The topological polar surface area (TPSA) is 44.9 Å². The third kappa shape index (κ3) is 4.39. The molecule has 0 unspecified atom stereocenters. The normalized spacial score (nSPS) is 11.0. The molecule has 0 atom stereocenters. The third-order valence-electron chi connectivity index (χ3n) is 5.13. The summed E-state index contributed by atoms with van der Waals surface area (Å²) in [5, 5.41) is 3.59. The van der Waals surface area contributed by atoms with Gasteiger partial charge in [0, 0.05) is 22.0 Å². The molecule has 0 saturated carbocycles. The summed E-state index contributed by atoms with van der Waals surface area (Å²) >= 11 is 5.98. The first kappa shape index (κ1) is 20.9. The van der Waals surface area contributed by atoms with Gasteiger partial charge in [0.15, 0.2) is 0 Å². The lowest BCUT2D eigenvalue weighted by molar-refractivity contribution is 0.102. The lowest BCUT2D eigenvalue weighted by Gasteiger charge is -2.12. The second-order valence-electron chi connectivity index (χ2n) is 7.65. The van der Waals surface area contributed by atoms with Gasteiger partial charge in [-0.1, -0.05) is 55.8 Å². The van der Waals surface area contributed by atoms with Gasteiger partial charge in [-0.3, -0.25) is 4.79 Å². The van der Waals surface area contributed by atoms with E-state index in [1.807, 2.05) is 44.2 Å². The van der Waals surface area contributed by atoms with E-state index in [0.717, 1.165) is 28.1 Å². The number of hydrogen-bond acceptors (Lipinski definition) is 1. The Bertz CT molecular complexity index is 1200. The minimum atomic E-state index is -0.304. The van der Waals surface area contributed by atoms with Crippen molar-refractivity contribution in [1.29, 1.82) is 0 Å². The maximum absolute atomic E-state index is 13.6. The number of carbonyl (C=O) groups excluding carboxylic acids is 1. The van der Waals surface area contributed by atoms with Crippen molar-refractivity contribution in [2.24, 2.45) is 0 Å². The number of benzene rings is 3. The van der Waals surface area contributed by atoms with E-state index >= 15 is 0 Å². The number of carbonyl (C=O) groups is 1. The van der Waals surface area contributed by atoms with Crippen LogP contribution in [-0.2, 0) is 0 Å². The fourth-order valence-corrected chi connectivity index (χ4v) is 3.77. The van der Waals surface area contributed by atoms with Gasteiger partial charge in [0.1, 0.15) is 5.82 Å². The monoisotopic (exact) mass is 432 g/mol. The zero-order valence-corrected chi connectivity index (χ0v) is 18.0. The summed E-state index contributed by atoms with van der Waals surface area (Å²) in [4.78, 5) is 16.9. The minimum Gasteiger partial charge on any atom is -0.357 e. The summed E-state index contributed by atoms with van der Waals surface area (Å²) in [5.41, 5.74) is 5.37. The maximum Gasteiger partial charge on any atom is 0.258 e. The molecular formula is C26H22ClFN2O. The molecule has 2 N–H and O–H groups in total. The first-order valence-electron chi connectivity index (χ1n) is 10.1. The SMILES string of the molecule is CC(C)c1[nH]c(-c2ccc(F)cc2)c(-c2ccccc2)c1C(=O)Nc1ccc(Cl)cc1. The van der Waals surface area contributed by atoms with Gasteiger partial charge in [-0.15, -0.1) is 0 Å². The van der Waals surface area contributed by atoms with Crippen LogP contribution in [0.2, 0.25) is 5.02 Å². The number of halogens is 2. The lowest BCUT2D eigenvalue weighted by atomic mass is 9.94. The molecular weight excluding hydrogens is 411 g/mol. The van der Waals surface area contributed by atoms with Gasteiger partial charge < -0.3 is 10.3 Å². The van der Waals surface area contributed by atoms with Crippen molar-refractivity contribution in [3.63, 3.8) is 0 Å². The Kier molecular flexibility index (Phi) is 5.92. The molecule has 0 aliphatic carbocycles. The molecule has 1 aromatic heterocycles. The number of amides is 1. The summed E-state index contributed by atoms with van der Waals surface area (Å²) in [6, 6.07) is 23.1. The van der Waals surface area contributed by atoms with Crippen molar-refractivity contribution in [3.05, 3.63) is 101 Å². The second kappa shape index (κ2) is 8.78. The molecule has 3 aromatic carbocycles. The van der Waals surface area contributed by atoms with Crippen molar-refractivity contribution in [2.45, 2.75) is 19.8 Å². The van der Waals surface area contributed by atoms with E-state index in [0.29, 0.717) is 16.3 Å². The Labute approximate surface area is 185 Å². The van der Waals surface area contributed by atoms with Crippen molar-refractivity contribution in [1.82, 2.24) is 4.98 Å². The van der Waals surface area contributed by atoms with Crippen LogP contribution in [-0.4, -0.2) is 10.9 Å². The van der Waals surface area contributed by atoms with E-state index in [1.165, 1.54) is 12.1 Å². The summed E-state index contributed by atoms with van der Waals surface area (Å²) in [5.74, 6) is -0.446. The average molecular weight is 433 g/mol. The molecule has 156 valence electrons. The van der Waals surface area contributed by atoms with Crippen LogP contribution in [0.5, 0.6) is 0 Å². The Morgan fingerprint density at radius 3 is 2.16 bits per heavy atom. The van der Waals surface area contributed by atoms with Crippen LogP contribution >= 0.6 is 11.6 Å². The van der Waals surface area contributed by atoms with Crippen molar-refractivity contribution < 1.29 is 9.18 Å². The molecule has 1 amide bonds. The Morgan fingerprint density at radius 1 is 0.903 bits per heavy atom. The molecule has 1 heterocycles. The molecule has 0 fully saturated rings. The van der Waals surface area contributed by atoms with E-state index in [2.05, 4.69) is 10.3 Å². The van der Waals surface area contributed by atoms with E-state index < -0.39 is 0 Å². The quantitative estimate of drug-likeness (QED) is 0.336. The van der Waals surface area contributed by atoms with E-state index in [4.69, 9.17) is 11.6 Å². The first-order chi connectivity index (χ1) is 14.9. The average Bonchev–Trinajstić information content (AvgIpc) is 3.18. The highest BCUT2D eigenvalue weighted by Gasteiger charge is 2.26. The Hall–Kier alpha value is -3.37. The summed E-state index contributed by atoms with van der Waals surface area (Å²) < 4.78 is 13.6. The maximum atomic E-state index is 13.6. The van der Waals surface area contributed by atoms with Crippen LogP contribution in [0.15, 0.2) is 78.9 Å². The van der Waals surface area contributed by atoms with Gasteiger partial charge in [0.05, 0.1) is 11.3 Å². The van der Waals surface area contributed by atoms with Crippen molar-refractivity contribution in [3.8, 4) is 22.4 Å². The third-order valence-corrected chi connectivity index (χ3v) is 5.38. The number of anilines is 1. The molecule has 4 rings (SSSR count). The summed E-state index contributed by atoms with van der Waals surface area (Å²) in [7, 11) is 0. The predicted octanol–water partition coefficient (Wildman–Crippen LogP) is 7.52. The van der Waals surface area contributed by atoms with Crippen molar-refractivity contribution >= 4 is 23.2 Å². The van der Waals surface area contributed by atoms with Crippen LogP contribution in [0.25, 0.3) is 22.4 Å². The van der Waals surface area contributed by atoms with Crippen LogP contribution in [0, 0.1) is 5.82 Å². The summed E-state index contributed by atoms with van der Waals surface area (Å²) in [6.07, 6.45) is 0. The standard InChI is InChI=1S/C26H22ClFN2O/c1-16(2)24-23(26(31)29-21-14-10-19(27)11-15-21)22(17-6-4-3-5-7-17)25(30-24)18-8-12-20(28)13-9-18/h3-16,30H,1-2H3,(H,29,31). The number of aromatic amines is 1. The zero-order valence-electron chi connectivity index (χ0n) is 17.2. The fourth-order valence-electron chi connectivity index (χ4n) is 3.64. The molecule has 5 heteroatoms. The molecule has 0 bridgehead atoms. The minimum absolute atomic E-state index is 0.0719. The van der Waals surface area contributed by atoms with Crippen LogP contribution < -0.4 is 5.32 Å². The molecule has 31 heavy (non-hydrogen) atoms. The molecule has 0 aliphatic heterocycles. The fraction of sp³-hybridized carbons (Fsp3) is 0.115. The second-order valence-corrected chi connectivity index (χ2v) is 8.09.